The van der Waals surface area contributed by atoms with Crippen LogP contribution in [0.5, 0.6) is 0 Å². The number of aromatic nitrogens is 1. The second kappa shape index (κ2) is 7.95. The number of carboxylic acids is 1. The second-order valence-electron chi connectivity index (χ2n) is 7.77. The summed E-state index contributed by atoms with van der Waals surface area (Å²) in [5.74, 6) is -1.53. The lowest BCUT2D eigenvalue weighted by atomic mass is 9.99. The van der Waals surface area contributed by atoms with E-state index in [9.17, 15) is 19.1 Å². The molecule has 0 saturated heterocycles. The lowest BCUT2D eigenvalue weighted by Crippen LogP contribution is -2.44. The fraction of sp³-hybridized carbons (Fsp3) is 0.273. The molecule has 0 saturated carbocycles. The Hall–Kier alpha value is -3.35. The molecule has 7 heteroatoms. The summed E-state index contributed by atoms with van der Waals surface area (Å²) in [6.07, 6.45) is -0.765. The van der Waals surface area contributed by atoms with Gasteiger partial charge in [-0.15, -0.1) is 0 Å². The molecule has 0 fully saturated rings. The molecule has 3 N–H and O–H groups in total. The van der Waals surface area contributed by atoms with Gasteiger partial charge < -0.3 is 20.1 Å². The molecule has 2 aromatic carbocycles. The van der Waals surface area contributed by atoms with Crippen LogP contribution in [0, 0.1) is 5.82 Å². The third-order valence-corrected chi connectivity index (χ3v) is 4.34. The monoisotopic (exact) mass is 398 g/mol. The number of hydrogen-bond acceptors (Lipinski definition) is 3. The number of H-pyrrole nitrogens is 1. The molecule has 6 nitrogen and oxygen atoms in total. The van der Waals surface area contributed by atoms with Gasteiger partial charge in [-0.25, -0.2) is 14.0 Å². The van der Waals surface area contributed by atoms with Crippen molar-refractivity contribution in [3.05, 3.63) is 59.9 Å². The van der Waals surface area contributed by atoms with Crippen molar-refractivity contribution in [2.75, 3.05) is 0 Å². The number of aliphatic carboxylic acids is 1. The van der Waals surface area contributed by atoms with E-state index in [2.05, 4.69) is 10.3 Å². The van der Waals surface area contributed by atoms with Crippen LogP contribution in [0.4, 0.5) is 9.18 Å². The zero-order valence-electron chi connectivity index (χ0n) is 16.5. The number of ether oxygens (including phenoxy) is 1. The average molecular weight is 398 g/mol. The lowest BCUT2D eigenvalue weighted by molar-refractivity contribution is -0.139. The number of carboxylic acid groups (broad SMARTS) is 1. The number of benzene rings is 2. The molecule has 0 aliphatic rings. The second-order valence-corrected chi connectivity index (χ2v) is 7.77. The number of amides is 1. The van der Waals surface area contributed by atoms with Crippen molar-refractivity contribution < 1.29 is 23.8 Å². The number of carbonyl (C=O) groups is 2. The molecule has 152 valence electrons. The van der Waals surface area contributed by atoms with E-state index in [1.807, 2.05) is 24.3 Å². The lowest BCUT2D eigenvalue weighted by Gasteiger charge is -2.22. The molecule has 0 aliphatic carbocycles. The normalized spacial score (nSPS) is 12.6. The average Bonchev–Trinajstić information content (AvgIpc) is 2.99. The van der Waals surface area contributed by atoms with E-state index in [0.717, 1.165) is 22.0 Å². The van der Waals surface area contributed by atoms with Crippen molar-refractivity contribution in [3.8, 4) is 11.3 Å². The first-order valence-corrected chi connectivity index (χ1v) is 9.22. The summed E-state index contributed by atoms with van der Waals surface area (Å²) in [6.45, 7) is 5.11. The maximum Gasteiger partial charge on any atom is 0.408 e. The van der Waals surface area contributed by atoms with E-state index in [-0.39, 0.29) is 12.2 Å². The highest BCUT2D eigenvalue weighted by Crippen LogP contribution is 2.31. The maximum absolute atomic E-state index is 13.4. The predicted octanol–water partition coefficient (Wildman–Crippen LogP) is 4.49. The predicted molar refractivity (Wildman–Crippen MR) is 108 cm³/mol. The van der Waals surface area contributed by atoms with E-state index < -0.39 is 23.7 Å². The topological polar surface area (TPSA) is 91.4 Å². The van der Waals surface area contributed by atoms with Crippen LogP contribution >= 0.6 is 0 Å². The smallest absolute Gasteiger partial charge is 0.408 e. The molecule has 1 aromatic heterocycles. The first kappa shape index (κ1) is 20.4. The standard InChI is InChI=1S/C22H23FN2O4/c1-22(2,3)29-21(28)25-18(20(26)27)12-16-15-6-4-5-7-17(15)24-19(16)13-8-10-14(23)11-9-13/h4-11,18,24H,12H2,1-3H3,(H,25,28)(H,26,27). The number of halogens is 1. The van der Waals surface area contributed by atoms with Crippen molar-refractivity contribution in [2.24, 2.45) is 0 Å². The van der Waals surface area contributed by atoms with Gasteiger partial charge in [0.2, 0.25) is 0 Å². The van der Waals surface area contributed by atoms with E-state index in [1.54, 1.807) is 32.9 Å². The van der Waals surface area contributed by atoms with Gasteiger partial charge in [0.25, 0.3) is 0 Å². The Balaban J connectivity index is 1.98. The Morgan fingerprint density at radius 2 is 1.79 bits per heavy atom. The maximum atomic E-state index is 13.4. The minimum Gasteiger partial charge on any atom is -0.480 e. The van der Waals surface area contributed by atoms with Crippen LogP contribution in [0.1, 0.15) is 26.3 Å². The van der Waals surface area contributed by atoms with Crippen molar-refractivity contribution in [1.29, 1.82) is 0 Å². The fourth-order valence-corrected chi connectivity index (χ4v) is 3.13. The van der Waals surface area contributed by atoms with Crippen molar-refractivity contribution in [2.45, 2.75) is 38.8 Å². The zero-order chi connectivity index (χ0) is 21.2. The molecular formula is C22H23FN2O4. The summed E-state index contributed by atoms with van der Waals surface area (Å²) in [4.78, 5) is 27.2. The molecule has 1 heterocycles. The Bertz CT molecular complexity index is 1040. The Labute approximate surface area is 167 Å². The summed E-state index contributed by atoms with van der Waals surface area (Å²) in [5.41, 5.74) is 2.20. The van der Waals surface area contributed by atoms with Crippen molar-refractivity contribution in [3.63, 3.8) is 0 Å². The minimum atomic E-state index is -1.19. The highest BCUT2D eigenvalue weighted by Gasteiger charge is 2.26. The minimum absolute atomic E-state index is 0.0330. The number of hydrogen-bond donors (Lipinski definition) is 3. The third kappa shape index (κ3) is 4.93. The van der Waals surface area contributed by atoms with E-state index >= 15 is 0 Å². The van der Waals surface area contributed by atoms with Gasteiger partial charge in [-0.05, 0) is 62.2 Å². The molecule has 0 spiro atoms. The first-order chi connectivity index (χ1) is 13.6. The van der Waals surface area contributed by atoms with Gasteiger partial charge in [-0.2, -0.15) is 0 Å². The number of rotatable bonds is 5. The summed E-state index contributed by atoms with van der Waals surface area (Å²) in [7, 11) is 0. The van der Waals surface area contributed by atoms with E-state index in [1.165, 1.54) is 12.1 Å². The molecule has 0 radical (unpaired) electrons. The van der Waals surface area contributed by atoms with Crippen LogP contribution in [0.25, 0.3) is 22.2 Å². The van der Waals surface area contributed by atoms with Crippen molar-refractivity contribution in [1.82, 2.24) is 10.3 Å². The van der Waals surface area contributed by atoms with Gasteiger partial charge in [0.15, 0.2) is 0 Å². The number of nitrogens with one attached hydrogen (secondary N) is 2. The van der Waals surface area contributed by atoms with Crippen LogP contribution in [0.15, 0.2) is 48.5 Å². The first-order valence-electron chi connectivity index (χ1n) is 9.22. The Kier molecular flexibility index (Phi) is 5.59. The van der Waals surface area contributed by atoms with Crippen LogP contribution in [0.3, 0.4) is 0 Å². The van der Waals surface area contributed by atoms with Crippen LogP contribution in [-0.4, -0.2) is 33.8 Å². The molecule has 0 bridgehead atoms. The number of fused-ring (bicyclic) bond motifs is 1. The van der Waals surface area contributed by atoms with Gasteiger partial charge >= 0.3 is 12.1 Å². The molecule has 1 amide bonds. The molecule has 0 aliphatic heterocycles. The third-order valence-electron chi connectivity index (χ3n) is 4.34. The Morgan fingerprint density at radius 1 is 1.14 bits per heavy atom. The summed E-state index contributed by atoms with van der Waals surface area (Å²) >= 11 is 0. The largest absolute Gasteiger partial charge is 0.480 e. The van der Waals surface area contributed by atoms with Crippen LogP contribution in [-0.2, 0) is 16.0 Å². The van der Waals surface area contributed by atoms with Gasteiger partial charge in [-0.3, -0.25) is 0 Å². The van der Waals surface area contributed by atoms with Gasteiger partial charge in [0.1, 0.15) is 17.5 Å². The molecular weight excluding hydrogens is 375 g/mol. The summed E-state index contributed by atoms with van der Waals surface area (Å²) < 4.78 is 18.5. The molecule has 3 aromatic rings. The van der Waals surface area contributed by atoms with E-state index in [4.69, 9.17) is 4.74 Å². The zero-order valence-corrected chi connectivity index (χ0v) is 16.5. The quantitative estimate of drug-likeness (QED) is 0.590. The van der Waals surface area contributed by atoms with Gasteiger partial charge in [-0.1, -0.05) is 18.2 Å². The highest BCUT2D eigenvalue weighted by atomic mass is 19.1. The number of carbonyl (C=O) groups excluding carboxylic acids is 1. The molecule has 1 unspecified atom stereocenters. The number of aromatic amines is 1. The number of alkyl carbamates (subject to hydrolysis) is 1. The van der Waals surface area contributed by atoms with Gasteiger partial charge in [0.05, 0.1) is 0 Å². The summed E-state index contributed by atoms with van der Waals surface area (Å²) in [5, 5.41) is 12.9. The van der Waals surface area contributed by atoms with E-state index in [0.29, 0.717) is 5.69 Å². The van der Waals surface area contributed by atoms with Crippen LogP contribution < -0.4 is 5.32 Å². The fourth-order valence-electron chi connectivity index (χ4n) is 3.13. The SMILES string of the molecule is CC(C)(C)OC(=O)NC(Cc1c(-c2ccc(F)cc2)[nH]c2ccccc12)C(=O)O. The Morgan fingerprint density at radius 3 is 2.41 bits per heavy atom. The molecule has 29 heavy (non-hydrogen) atoms. The highest BCUT2D eigenvalue weighted by molar-refractivity contribution is 5.92. The van der Waals surface area contributed by atoms with Gasteiger partial charge in [0, 0.05) is 23.0 Å². The van der Waals surface area contributed by atoms with Crippen molar-refractivity contribution >= 4 is 23.0 Å². The number of para-hydroxylation sites is 1. The molecule has 3 rings (SSSR count). The van der Waals surface area contributed by atoms with Crippen LogP contribution in [0.2, 0.25) is 0 Å². The molecule has 1 atom stereocenters. The summed E-state index contributed by atoms with van der Waals surface area (Å²) in [6, 6.07) is 12.2.